The Labute approximate surface area is 163 Å². The summed E-state index contributed by atoms with van der Waals surface area (Å²) in [6.07, 6.45) is 2.84. The molecule has 0 saturated heterocycles. The lowest BCUT2D eigenvalue weighted by molar-refractivity contribution is -0.116. The van der Waals surface area contributed by atoms with Crippen molar-refractivity contribution in [2.24, 2.45) is 0 Å². The number of benzene rings is 1. The average Bonchev–Trinajstić information content (AvgIpc) is 2.92. The van der Waals surface area contributed by atoms with Gasteiger partial charge in [0.1, 0.15) is 6.04 Å². The van der Waals surface area contributed by atoms with Crippen molar-refractivity contribution in [2.45, 2.75) is 17.3 Å². The Hall–Kier alpha value is -1.07. The fourth-order valence-electron chi connectivity index (χ4n) is 2.03. The van der Waals surface area contributed by atoms with Crippen molar-refractivity contribution in [3.05, 3.63) is 28.2 Å². The summed E-state index contributed by atoms with van der Waals surface area (Å²) in [4.78, 5) is 12.5. The molecule has 2 aromatic rings. The van der Waals surface area contributed by atoms with Crippen molar-refractivity contribution in [3.8, 4) is 0 Å². The number of anilines is 2. The minimum absolute atomic E-state index is 0.199. The van der Waals surface area contributed by atoms with Gasteiger partial charge in [0.05, 0.1) is 11.9 Å². The van der Waals surface area contributed by atoms with Gasteiger partial charge in [0, 0.05) is 10.0 Å². The van der Waals surface area contributed by atoms with Gasteiger partial charge in [-0.3, -0.25) is 14.4 Å². The molecule has 1 aromatic carbocycles. The Morgan fingerprint density at radius 2 is 1.88 bits per heavy atom. The number of sulfonamides is 1. The Morgan fingerprint density at radius 1 is 1.28 bits per heavy atom. The summed E-state index contributed by atoms with van der Waals surface area (Å²) in [5, 5.41) is 11.1. The summed E-state index contributed by atoms with van der Waals surface area (Å²) in [5.41, 5.74) is 0.199. The van der Waals surface area contributed by atoms with Crippen LogP contribution in [0.25, 0.3) is 0 Å². The molecule has 0 aliphatic carbocycles. The molecule has 0 radical (unpaired) electrons. The third-order valence-corrected chi connectivity index (χ3v) is 6.49. The molecule has 1 atom stereocenters. The summed E-state index contributed by atoms with van der Waals surface area (Å²) in [7, 11) is -3.77. The molecule has 1 amide bonds. The van der Waals surface area contributed by atoms with Crippen LogP contribution >= 0.6 is 46.3 Å². The van der Waals surface area contributed by atoms with Crippen LogP contribution in [0.5, 0.6) is 0 Å². The van der Waals surface area contributed by atoms with Crippen molar-refractivity contribution in [2.75, 3.05) is 22.1 Å². The van der Waals surface area contributed by atoms with Crippen LogP contribution in [0.1, 0.15) is 6.92 Å². The summed E-state index contributed by atoms with van der Waals surface area (Å²) >= 11 is 14.5. The third kappa shape index (κ3) is 5.20. The highest BCUT2D eigenvalue weighted by Crippen LogP contribution is 2.29. The zero-order chi connectivity index (χ0) is 18.8. The van der Waals surface area contributed by atoms with E-state index in [1.807, 2.05) is 6.26 Å². The molecule has 0 saturated carbocycles. The molecule has 12 heteroatoms. The largest absolute Gasteiger partial charge is 0.299 e. The van der Waals surface area contributed by atoms with Gasteiger partial charge in [-0.05, 0) is 31.4 Å². The fourth-order valence-corrected chi connectivity index (χ4v) is 4.87. The maximum absolute atomic E-state index is 12.5. The number of rotatable bonds is 6. The van der Waals surface area contributed by atoms with Crippen LogP contribution in [0.2, 0.25) is 10.0 Å². The second-order valence-corrected chi connectivity index (χ2v) is 9.69. The van der Waals surface area contributed by atoms with Crippen molar-refractivity contribution in [3.63, 3.8) is 0 Å². The quantitative estimate of drug-likeness (QED) is 0.546. The summed E-state index contributed by atoms with van der Waals surface area (Å²) in [6.45, 7) is 1.46. The fraction of sp³-hybridized carbons (Fsp3) is 0.308. The topological polar surface area (TPSA) is 92.3 Å². The van der Waals surface area contributed by atoms with E-state index in [-0.39, 0.29) is 15.7 Å². The van der Waals surface area contributed by atoms with Gasteiger partial charge in [-0.1, -0.05) is 46.3 Å². The van der Waals surface area contributed by atoms with Gasteiger partial charge in [-0.2, -0.15) is 0 Å². The van der Waals surface area contributed by atoms with Crippen molar-refractivity contribution < 1.29 is 13.2 Å². The molecule has 0 aliphatic rings. The van der Waals surface area contributed by atoms with E-state index in [1.165, 1.54) is 48.2 Å². The van der Waals surface area contributed by atoms with E-state index in [1.54, 1.807) is 0 Å². The molecule has 0 unspecified atom stereocenters. The van der Waals surface area contributed by atoms with Crippen LogP contribution < -0.4 is 9.62 Å². The maximum atomic E-state index is 12.5. The summed E-state index contributed by atoms with van der Waals surface area (Å²) in [6, 6.07) is 3.28. The molecule has 0 spiro atoms. The number of halogens is 2. The van der Waals surface area contributed by atoms with Crippen molar-refractivity contribution in [1.29, 1.82) is 0 Å². The smallest absolute Gasteiger partial charge is 0.249 e. The highest BCUT2D eigenvalue weighted by atomic mass is 35.5. The first kappa shape index (κ1) is 20.2. The first-order chi connectivity index (χ1) is 11.6. The van der Waals surface area contributed by atoms with Crippen LogP contribution in [0.3, 0.4) is 0 Å². The van der Waals surface area contributed by atoms with E-state index in [0.29, 0.717) is 9.47 Å². The van der Waals surface area contributed by atoms with Gasteiger partial charge in [0.2, 0.25) is 21.1 Å². The van der Waals surface area contributed by atoms with E-state index in [0.717, 1.165) is 10.6 Å². The second-order valence-electron chi connectivity index (χ2n) is 4.93. The number of nitrogens with zero attached hydrogens (tertiary/aromatic N) is 3. The monoisotopic (exact) mass is 440 g/mol. The number of hydrogen-bond acceptors (Lipinski definition) is 7. The molecular weight excluding hydrogens is 427 g/mol. The maximum Gasteiger partial charge on any atom is 0.249 e. The normalized spacial score (nSPS) is 12.7. The molecule has 1 aromatic heterocycles. The standard InChI is InChI=1S/C13H14Cl2N4O3S3/c1-7(11(20)16-12-17-18-13(23-2)24-12)19(25(3,21)22)10-5-8(14)4-9(15)6-10/h4-7H,1-3H3,(H,16,17,20)/t7-/m1/s1. The number of carbonyl (C=O) groups excluding carboxylic acids is 1. The number of thioether (sulfide) groups is 1. The zero-order valence-corrected chi connectivity index (χ0v) is 17.3. The molecule has 25 heavy (non-hydrogen) atoms. The van der Waals surface area contributed by atoms with Crippen LogP contribution in [-0.2, 0) is 14.8 Å². The van der Waals surface area contributed by atoms with Gasteiger partial charge in [-0.25, -0.2) is 8.42 Å². The molecule has 1 N–H and O–H groups in total. The van der Waals surface area contributed by atoms with E-state index in [2.05, 4.69) is 15.5 Å². The molecule has 0 aliphatic heterocycles. The van der Waals surface area contributed by atoms with Gasteiger partial charge in [0.25, 0.3) is 0 Å². The predicted octanol–water partition coefficient (Wildman–Crippen LogP) is 3.36. The first-order valence-electron chi connectivity index (χ1n) is 6.75. The Bertz CT molecular complexity index is 868. The predicted molar refractivity (Wildman–Crippen MR) is 104 cm³/mol. The van der Waals surface area contributed by atoms with Gasteiger partial charge < -0.3 is 0 Å². The average molecular weight is 441 g/mol. The molecule has 7 nitrogen and oxygen atoms in total. The molecule has 2 rings (SSSR count). The molecule has 0 fully saturated rings. The summed E-state index contributed by atoms with van der Waals surface area (Å²) in [5.74, 6) is -0.551. The minimum atomic E-state index is -3.77. The molecule has 1 heterocycles. The molecular formula is C13H14Cl2N4O3S3. The summed E-state index contributed by atoms with van der Waals surface area (Å²) < 4.78 is 26.1. The number of carbonyl (C=O) groups is 1. The van der Waals surface area contributed by atoms with E-state index in [9.17, 15) is 13.2 Å². The SMILES string of the molecule is CSc1nnc(NC(=O)[C@@H](C)N(c2cc(Cl)cc(Cl)c2)S(C)(=O)=O)s1. The Balaban J connectivity index is 2.32. The lowest BCUT2D eigenvalue weighted by Crippen LogP contribution is -2.45. The van der Waals surface area contributed by atoms with Crippen LogP contribution in [0.4, 0.5) is 10.8 Å². The lowest BCUT2D eigenvalue weighted by Gasteiger charge is -2.28. The van der Waals surface area contributed by atoms with Crippen molar-refractivity contribution >= 4 is 73.0 Å². The first-order valence-corrected chi connectivity index (χ1v) is 11.4. The lowest BCUT2D eigenvalue weighted by atomic mass is 10.2. The molecule has 136 valence electrons. The third-order valence-electron chi connectivity index (χ3n) is 3.00. The zero-order valence-electron chi connectivity index (χ0n) is 13.4. The van der Waals surface area contributed by atoms with Crippen LogP contribution in [-0.4, -0.2) is 43.1 Å². The highest BCUT2D eigenvalue weighted by molar-refractivity contribution is 8.00. The van der Waals surface area contributed by atoms with E-state index >= 15 is 0 Å². The second kappa shape index (κ2) is 8.09. The van der Waals surface area contributed by atoms with Crippen LogP contribution in [0, 0.1) is 0 Å². The van der Waals surface area contributed by atoms with Crippen LogP contribution in [0.15, 0.2) is 22.5 Å². The van der Waals surface area contributed by atoms with E-state index < -0.39 is 22.0 Å². The minimum Gasteiger partial charge on any atom is -0.299 e. The van der Waals surface area contributed by atoms with Crippen molar-refractivity contribution in [1.82, 2.24) is 10.2 Å². The number of amides is 1. The van der Waals surface area contributed by atoms with Gasteiger partial charge >= 0.3 is 0 Å². The molecule has 0 bridgehead atoms. The highest BCUT2D eigenvalue weighted by Gasteiger charge is 2.30. The number of aromatic nitrogens is 2. The number of nitrogens with one attached hydrogen (secondary N) is 1. The van der Waals surface area contributed by atoms with E-state index in [4.69, 9.17) is 23.2 Å². The Morgan fingerprint density at radius 3 is 2.36 bits per heavy atom. The van der Waals surface area contributed by atoms with Gasteiger partial charge in [-0.15, -0.1) is 10.2 Å². The van der Waals surface area contributed by atoms with Gasteiger partial charge in [0.15, 0.2) is 4.34 Å². The Kier molecular flexibility index (Phi) is 6.55. The number of hydrogen-bond donors (Lipinski definition) is 1.